The fourth-order valence-electron chi connectivity index (χ4n) is 5.10. The number of amides is 2. The van der Waals surface area contributed by atoms with Crippen molar-refractivity contribution >= 4 is 40.6 Å². The number of aromatic nitrogens is 1. The molecule has 1 saturated carbocycles. The highest BCUT2D eigenvalue weighted by atomic mass is 35.5. The molecule has 0 saturated heterocycles. The number of nitrogens with two attached hydrogens (primary N) is 1. The molecule has 4 aromatic rings. The van der Waals surface area contributed by atoms with Gasteiger partial charge in [-0.15, -0.1) is 0 Å². The first-order valence-electron chi connectivity index (χ1n) is 13.4. The van der Waals surface area contributed by atoms with Crippen LogP contribution in [0.5, 0.6) is 5.75 Å². The molecule has 0 radical (unpaired) electrons. The SMILES string of the molecule is COc1ccc([C@@H](C(=O)NC2CCCC2)N(Cc2ccccc2Cl)C(=O)c2snc(-c3ccc(F)cc3)c2N)cc1. The van der Waals surface area contributed by atoms with Crippen LogP contribution >= 0.6 is 23.1 Å². The molecule has 5 rings (SSSR count). The molecular formula is C31H30ClFN4O3S. The summed E-state index contributed by atoms with van der Waals surface area (Å²) in [5.41, 5.74) is 8.91. The van der Waals surface area contributed by atoms with Crippen molar-refractivity contribution in [3.8, 4) is 17.0 Å². The number of nitrogen functional groups attached to an aromatic ring is 1. The Morgan fingerprint density at radius 3 is 2.44 bits per heavy atom. The van der Waals surface area contributed by atoms with Crippen LogP contribution in [0.15, 0.2) is 72.8 Å². The minimum absolute atomic E-state index is 0.0408. The molecule has 0 aliphatic heterocycles. The van der Waals surface area contributed by atoms with Crippen LogP contribution in [0.3, 0.4) is 0 Å². The molecule has 1 aliphatic carbocycles. The average Bonchev–Trinajstić information content (AvgIpc) is 3.63. The summed E-state index contributed by atoms with van der Waals surface area (Å²) < 4.78 is 23.3. The second kappa shape index (κ2) is 12.7. The summed E-state index contributed by atoms with van der Waals surface area (Å²) in [6.07, 6.45) is 3.87. The highest BCUT2D eigenvalue weighted by Gasteiger charge is 2.36. The van der Waals surface area contributed by atoms with E-state index >= 15 is 0 Å². The number of rotatable bonds is 9. The van der Waals surface area contributed by atoms with Crippen LogP contribution in [0.4, 0.5) is 10.1 Å². The Balaban J connectivity index is 1.58. The number of ether oxygens (including phenoxy) is 1. The van der Waals surface area contributed by atoms with Gasteiger partial charge in [0, 0.05) is 23.2 Å². The predicted molar refractivity (Wildman–Crippen MR) is 159 cm³/mol. The molecule has 41 heavy (non-hydrogen) atoms. The Kier molecular flexibility index (Phi) is 8.85. The van der Waals surface area contributed by atoms with E-state index in [4.69, 9.17) is 22.1 Å². The van der Waals surface area contributed by atoms with Crippen molar-refractivity contribution in [1.82, 2.24) is 14.6 Å². The molecule has 1 heterocycles. The Morgan fingerprint density at radius 1 is 1.10 bits per heavy atom. The van der Waals surface area contributed by atoms with Gasteiger partial charge in [-0.25, -0.2) is 4.39 Å². The molecule has 1 fully saturated rings. The fraction of sp³-hybridized carbons (Fsp3) is 0.258. The van der Waals surface area contributed by atoms with E-state index in [2.05, 4.69) is 9.69 Å². The number of hydrogen-bond acceptors (Lipinski definition) is 6. The van der Waals surface area contributed by atoms with Crippen LogP contribution in [0.1, 0.15) is 52.5 Å². The number of nitrogens with zero attached hydrogens (tertiary/aromatic N) is 2. The van der Waals surface area contributed by atoms with Gasteiger partial charge in [-0.3, -0.25) is 9.59 Å². The number of nitrogens with one attached hydrogen (secondary N) is 1. The second-order valence-electron chi connectivity index (χ2n) is 9.97. The summed E-state index contributed by atoms with van der Waals surface area (Å²) >= 11 is 7.48. The molecule has 0 unspecified atom stereocenters. The van der Waals surface area contributed by atoms with Crippen LogP contribution < -0.4 is 15.8 Å². The zero-order valence-electron chi connectivity index (χ0n) is 22.5. The zero-order chi connectivity index (χ0) is 28.9. The van der Waals surface area contributed by atoms with Crippen molar-refractivity contribution in [2.24, 2.45) is 0 Å². The molecule has 1 aliphatic rings. The highest BCUT2D eigenvalue weighted by molar-refractivity contribution is 7.09. The van der Waals surface area contributed by atoms with E-state index in [1.165, 1.54) is 17.0 Å². The number of benzene rings is 3. The zero-order valence-corrected chi connectivity index (χ0v) is 24.1. The number of carbonyl (C=O) groups is 2. The fourth-order valence-corrected chi connectivity index (χ4v) is 6.07. The van der Waals surface area contributed by atoms with Crippen molar-refractivity contribution in [3.05, 3.63) is 99.6 Å². The molecule has 1 aromatic heterocycles. The first-order valence-corrected chi connectivity index (χ1v) is 14.5. The van der Waals surface area contributed by atoms with Gasteiger partial charge in [-0.1, -0.05) is 54.8 Å². The molecule has 7 nitrogen and oxygen atoms in total. The first kappa shape index (κ1) is 28.6. The Bertz CT molecular complexity index is 1520. The summed E-state index contributed by atoms with van der Waals surface area (Å²) in [7, 11) is 1.57. The van der Waals surface area contributed by atoms with Crippen molar-refractivity contribution in [1.29, 1.82) is 0 Å². The minimum atomic E-state index is -0.985. The lowest BCUT2D eigenvalue weighted by Crippen LogP contribution is -2.45. The van der Waals surface area contributed by atoms with Crippen molar-refractivity contribution in [2.45, 2.75) is 44.3 Å². The summed E-state index contributed by atoms with van der Waals surface area (Å²) in [5.74, 6) is -0.510. The van der Waals surface area contributed by atoms with Gasteiger partial charge in [-0.2, -0.15) is 4.37 Å². The topological polar surface area (TPSA) is 97.5 Å². The number of hydrogen-bond donors (Lipinski definition) is 2. The third-order valence-corrected chi connectivity index (χ3v) is 8.51. The molecule has 0 bridgehead atoms. The molecule has 212 valence electrons. The monoisotopic (exact) mass is 592 g/mol. The van der Waals surface area contributed by atoms with E-state index in [9.17, 15) is 14.0 Å². The molecule has 2 amide bonds. The standard InChI is InChI=1S/C31H30ClFN4O3S/c1-40-24-16-12-20(13-17-24)28(30(38)35-23-7-3-4-8-23)37(18-21-6-2-5-9-25(21)32)31(39)29-26(34)27(36-41-29)19-10-14-22(33)15-11-19/h2,5-6,9-17,23,28H,3-4,7-8,18,34H2,1H3,(H,35,38)/t28-/m0/s1. The van der Waals surface area contributed by atoms with Gasteiger partial charge in [-0.05, 0) is 78.0 Å². The maximum Gasteiger partial charge on any atom is 0.268 e. The highest BCUT2D eigenvalue weighted by Crippen LogP contribution is 2.35. The van der Waals surface area contributed by atoms with Gasteiger partial charge in [0.1, 0.15) is 28.2 Å². The van der Waals surface area contributed by atoms with Crippen LogP contribution in [-0.2, 0) is 11.3 Å². The Labute approximate surface area is 247 Å². The summed E-state index contributed by atoms with van der Waals surface area (Å²) in [6.45, 7) is 0.0521. The van der Waals surface area contributed by atoms with Gasteiger partial charge < -0.3 is 20.7 Å². The van der Waals surface area contributed by atoms with E-state index in [-0.39, 0.29) is 34.9 Å². The smallest absolute Gasteiger partial charge is 0.268 e. The van der Waals surface area contributed by atoms with Crippen LogP contribution in [-0.4, -0.2) is 34.2 Å². The van der Waals surface area contributed by atoms with Gasteiger partial charge in [0.25, 0.3) is 5.91 Å². The van der Waals surface area contributed by atoms with Crippen LogP contribution in [0, 0.1) is 5.82 Å². The Hall–Kier alpha value is -3.95. The lowest BCUT2D eigenvalue weighted by Gasteiger charge is -2.32. The van der Waals surface area contributed by atoms with Crippen LogP contribution in [0.25, 0.3) is 11.3 Å². The first-order chi connectivity index (χ1) is 19.9. The predicted octanol–water partition coefficient (Wildman–Crippen LogP) is 6.64. The lowest BCUT2D eigenvalue weighted by molar-refractivity contribution is -0.126. The summed E-state index contributed by atoms with van der Waals surface area (Å²) in [5, 5.41) is 3.64. The molecule has 3 aromatic carbocycles. The molecular weight excluding hydrogens is 563 g/mol. The number of methoxy groups -OCH3 is 1. The quantitative estimate of drug-likeness (QED) is 0.227. The lowest BCUT2D eigenvalue weighted by atomic mass is 10.0. The average molecular weight is 593 g/mol. The van der Waals surface area contributed by atoms with Crippen molar-refractivity contribution < 1.29 is 18.7 Å². The molecule has 1 atom stereocenters. The number of carbonyl (C=O) groups excluding carboxylic acids is 2. The van der Waals surface area contributed by atoms with E-state index in [0.717, 1.165) is 37.2 Å². The molecule has 0 spiro atoms. The summed E-state index contributed by atoms with van der Waals surface area (Å²) in [6, 6.07) is 19.1. The van der Waals surface area contributed by atoms with Crippen molar-refractivity contribution in [2.75, 3.05) is 12.8 Å². The van der Waals surface area contributed by atoms with E-state index in [1.807, 2.05) is 18.2 Å². The van der Waals surface area contributed by atoms with E-state index in [0.29, 0.717) is 33.2 Å². The van der Waals surface area contributed by atoms with Gasteiger partial charge in [0.05, 0.1) is 12.8 Å². The number of halogens is 2. The third kappa shape index (κ3) is 6.36. The van der Waals surface area contributed by atoms with Gasteiger partial charge >= 0.3 is 0 Å². The largest absolute Gasteiger partial charge is 0.497 e. The Morgan fingerprint density at radius 2 is 1.78 bits per heavy atom. The third-order valence-electron chi connectivity index (χ3n) is 7.29. The van der Waals surface area contributed by atoms with Gasteiger partial charge in [0.15, 0.2) is 0 Å². The van der Waals surface area contributed by atoms with E-state index < -0.39 is 11.9 Å². The molecule has 3 N–H and O–H groups in total. The van der Waals surface area contributed by atoms with Crippen molar-refractivity contribution in [3.63, 3.8) is 0 Å². The summed E-state index contributed by atoms with van der Waals surface area (Å²) in [4.78, 5) is 30.0. The van der Waals surface area contributed by atoms with E-state index in [1.54, 1.807) is 49.6 Å². The number of anilines is 1. The second-order valence-corrected chi connectivity index (χ2v) is 11.2. The maximum absolute atomic E-state index is 14.4. The maximum atomic E-state index is 14.4. The molecule has 10 heteroatoms. The van der Waals surface area contributed by atoms with Gasteiger partial charge in [0.2, 0.25) is 5.91 Å². The normalized spacial score (nSPS) is 14.0. The van der Waals surface area contributed by atoms with Crippen LogP contribution in [0.2, 0.25) is 5.02 Å². The minimum Gasteiger partial charge on any atom is -0.497 e.